The molecule has 0 spiro atoms. The first-order valence-electron chi connectivity index (χ1n) is 5.60. The lowest BCUT2D eigenvalue weighted by molar-refractivity contribution is 0.605. The Bertz CT molecular complexity index is 341. The molecule has 0 amide bonds. The zero-order chi connectivity index (χ0) is 13.1. The van der Waals surface area contributed by atoms with Gasteiger partial charge in [0.2, 0.25) is 0 Å². The minimum atomic E-state index is -0.507. The molecule has 0 saturated heterocycles. The number of hydrogen-bond acceptors (Lipinski definition) is 2. The van der Waals surface area contributed by atoms with Gasteiger partial charge in [0.25, 0.3) is 0 Å². The summed E-state index contributed by atoms with van der Waals surface area (Å²) in [6.07, 6.45) is 2.75. The first kappa shape index (κ1) is 17.0. The molecule has 16 heavy (non-hydrogen) atoms. The van der Waals surface area contributed by atoms with E-state index in [1.807, 2.05) is 13.8 Å². The minimum Gasteiger partial charge on any atom is -0.242 e. The molecule has 2 nitrogen and oxygen atoms in total. The van der Waals surface area contributed by atoms with Gasteiger partial charge in [-0.15, -0.1) is 0 Å². The molecule has 0 bridgehead atoms. The minimum absolute atomic E-state index is 0.131. The fraction of sp³-hybridized carbons (Fsp3) is 0.538. The first-order chi connectivity index (χ1) is 7.58. The van der Waals surface area contributed by atoms with Crippen LogP contribution in [0.4, 0.5) is 4.39 Å². The van der Waals surface area contributed by atoms with Gasteiger partial charge in [0, 0.05) is 6.20 Å². The third-order valence-corrected chi connectivity index (χ3v) is 1.62. The predicted octanol–water partition coefficient (Wildman–Crippen LogP) is 4.15. The third-order valence-electron chi connectivity index (χ3n) is 1.62. The van der Waals surface area contributed by atoms with Gasteiger partial charge in [-0.2, -0.15) is 5.26 Å². The Morgan fingerprint density at radius 2 is 1.75 bits per heavy atom. The monoisotopic (exact) mass is 224 g/mol. The van der Waals surface area contributed by atoms with Crippen LogP contribution < -0.4 is 0 Å². The molecule has 1 rings (SSSR count). The molecule has 1 aromatic rings. The van der Waals surface area contributed by atoms with Gasteiger partial charge < -0.3 is 0 Å². The highest BCUT2D eigenvalue weighted by Gasteiger charge is 2.07. The molecular weight excluding hydrogens is 203 g/mol. The lowest BCUT2D eigenvalue weighted by Gasteiger charge is -1.99. The number of halogens is 1. The normalized spacial score (nSPS) is 7.88. The first-order valence-corrected chi connectivity index (χ1v) is 5.60. The molecule has 0 radical (unpaired) electrons. The van der Waals surface area contributed by atoms with Crippen molar-refractivity contribution >= 4 is 0 Å². The van der Waals surface area contributed by atoms with Crippen molar-refractivity contribution in [3.8, 4) is 6.07 Å². The van der Waals surface area contributed by atoms with Gasteiger partial charge in [0.1, 0.15) is 6.07 Å². The van der Waals surface area contributed by atoms with E-state index in [-0.39, 0.29) is 5.69 Å². The number of aromatic nitrogens is 1. The summed E-state index contributed by atoms with van der Waals surface area (Å²) in [5, 5.41) is 8.38. The molecule has 0 unspecified atom stereocenters. The van der Waals surface area contributed by atoms with Gasteiger partial charge in [-0.1, -0.05) is 34.1 Å². The third kappa shape index (κ3) is 5.45. The molecule has 1 heterocycles. The van der Waals surface area contributed by atoms with E-state index >= 15 is 0 Å². The topological polar surface area (TPSA) is 36.7 Å². The zero-order valence-electron chi connectivity index (χ0n) is 11.1. The van der Waals surface area contributed by atoms with E-state index in [9.17, 15) is 4.39 Å². The van der Waals surface area contributed by atoms with Crippen molar-refractivity contribution in [3.63, 3.8) is 0 Å². The number of rotatable bonds is 0. The molecule has 0 aromatic carbocycles. The lowest BCUT2D eigenvalue weighted by Crippen LogP contribution is -1.95. The van der Waals surface area contributed by atoms with Crippen LogP contribution in [0.15, 0.2) is 6.20 Å². The Morgan fingerprint density at radius 3 is 2.12 bits per heavy atom. The van der Waals surface area contributed by atoms with E-state index in [1.165, 1.54) is 12.6 Å². The van der Waals surface area contributed by atoms with E-state index in [0.29, 0.717) is 5.56 Å². The van der Waals surface area contributed by atoms with Crippen molar-refractivity contribution in [3.05, 3.63) is 28.8 Å². The van der Waals surface area contributed by atoms with Crippen LogP contribution in [-0.4, -0.2) is 4.98 Å². The fourth-order valence-corrected chi connectivity index (χ4v) is 0.744. The Hall–Kier alpha value is -1.43. The van der Waals surface area contributed by atoms with Gasteiger partial charge >= 0.3 is 0 Å². The molecule has 1 aromatic heterocycles. The van der Waals surface area contributed by atoms with Crippen LogP contribution in [0, 0.1) is 31.0 Å². The van der Waals surface area contributed by atoms with Crippen LogP contribution in [0.2, 0.25) is 0 Å². The number of nitriles is 1. The van der Waals surface area contributed by atoms with Crippen molar-refractivity contribution in [1.82, 2.24) is 4.98 Å². The smallest absolute Gasteiger partial charge is 0.176 e. The Kier molecular flexibility index (Phi) is 10.7. The van der Waals surface area contributed by atoms with Gasteiger partial charge in [-0.05, 0) is 25.0 Å². The van der Waals surface area contributed by atoms with Crippen LogP contribution in [0.3, 0.4) is 0 Å². The molecular formula is C13H21FN2. The highest BCUT2D eigenvalue weighted by atomic mass is 19.1. The van der Waals surface area contributed by atoms with Gasteiger partial charge in [-0.25, -0.2) is 9.37 Å². The lowest BCUT2D eigenvalue weighted by atomic mass is 10.1. The molecule has 0 atom stereocenters. The van der Waals surface area contributed by atoms with Crippen LogP contribution in [0.5, 0.6) is 0 Å². The van der Waals surface area contributed by atoms with E-state index < -0.39 is 5.82 Å². The molecule has 0 aliphatic rings. The maximum Gasteiger partial charge on any atom is 0.176 e. The van der Waals surface area contributed by atoms with Crippen molar-refractivity contribution in [1.29, 1.82) is 5.26 Å². The highest BCUT2D eigenvalue weighted by Crippen LogP contribution is 2.12. The standard InChI is InChI=1S/C8H7FN2.C3H8.C2H6/c1-5-4-11-7(3-10)8(9)6(5)2;1-3-2;1-2/h4H,1-2H3;3H2,1-2H3;1-2H3. The summed E-state index contributed by atoms with van der Waals surface area (Å²) < 4.78 is 13.0. The quantitative estimate of drug-likeness (QED) is 0.663. The molecule has 3 heteroatoms. The highest BCUT2D eigenvalue weighted by molar-refractivity contribution is 5.32. The SMILES string of the molecule is CC.CCC.Cc1cnc(C#N)c(F)c1C. The maximum absolute atomic E-state index is 13.0. The molecule has 0 aliphatic carbocycles. The van der Waals surface area contributed by atoms with Gasteiger partial charge in [-0.3, -0.25) is 0 Å². The van der Waals surface area contributed by atoms with Crippen LogP contribution >= 0.6 is 0 Å². The molecule has 0 aliphatic heterocycles. The van der Waals surface area contributed by atoms with E-state index in [0.717, 1.165) is 5.56 Å². The Morgan fingerprint density at radius 1 is 1.31 bits per heavy atom. The van der Waals surface area contributed by atoms with Gasteiger partial charge in [0.15, 0.2) is 11.5 Å². The average molecular weight is 224 g/mol. The number of aryl methyl sites for hydroxylation is 1. The summed E-state index contributed by atoms with van der Waals surface area (Å²) in [4.78, 5) is 3.62. The van der Waals surface area contributed by atoms with E-state index in [2.05, 4.69) is 18.8 Å². The second-order valence-corrected chi connectivity index (χ2v) is 3.05. The van der Waals surface area contributed by atoms with Crippen LogP contribution in [-0.2, 0) is 0 Å². The Balaban J connectivity index is 0. The largest absolute Gasteiger partial charge is 0.242 e. The predicted molar refractivity (Wildman–Crippen MR) is 65.7 cm³/mol. The number of nitrogens with zero attached hydrogens (tertiary/aromatic N) is 2. The van der Waals surface area contributed by atoms with Crippen molar-refractivity contribution < 1.29 is 4.39 Å². The Labute approximate surface area is 98.1 Å². The molecule has 0 fully saturated rings. The molecule has 0 N–H and O–H groups in total. The van der Waals surface area contributed by atoms with E-state index in [1.54, 1.807) is 19.9 Å². The second kappa shape index (κ2) is 10.1. The second-order valence-electron chi connectivity index (χ2n) is 3.05. The van der Waals surface area contributed by atoms with Crippen LogP contribution in [0.1, 0.15) is 50.9 Å². The molecule has 90 valence electrons. The average Bonchev–Trinajstić information content (AvgIpc) is 2.30. The van der Waals surface area contributed by atoms with Crippen molar-refractivity contribution in [2.75, 3.05) is 0 Å². The van der Waals surface area contributed by atoms with Gasteiger partial charge in [0.05, 0.1) is 0 Å². The maximum atomic E-state index is 13.0. The number of pyridine rings is 1. The summed E-state index contributed by atoms with van der Waals surface area (Å²) >= 11 is 0. The summed E-state index contributed by atoms with van der Waals surface area (Å²) in [6, 6.07) is 1.68. The summed E-state index contributed by atoms with van der Waals surface area (Å²) in [5.74, 6) is -0.507. The number of hydrogen-bond donors (Lipinski definition) is 0. The van der Waals surface area contributed by atoms with E-state index in [4.69, 9.17) is 5.26 Å². The van der Waals surface area contributed by atoms with Crippen molar-refractivity contribution in [2.24, 2.45) is 0 Å². The zero-order valence-corrected chi connectivity index (χ0v) is 11.1. The summed E-state index contributed by atoms with van der Waals surface area (Å²) in [7, 11) is 0. The summed E-state index contributed by atoms with van der Waals surface area (Å²) in [5.41, 5.74) is 1.13. The van der Waals surface area contributed by atoms with Crippen LogP contribution in [0.25, 0.3) is 0 Å². The van der Waals surface area contributed by atoms with Crippen molar-refractivity contribution in [2.45, 2.75) is 48.0 Å². The fourth-order valence-electron chi connectivity index (χ4n) is 0.744. The summed E-state index contributed by atoms with van der Waals surface area (Å²) in [6.45, 7) is 11.6. The molecule has 0 saturated carbocycles.